The number of ketones is 1. The van der Waals surface area contributed by atoms with Gasteiger partial charge in [-0.15, -0.1) is 0 Å². The Bertz CT molecular complexity index is 621. The summed E-state index contributed by atoms with van der Waals surface area (Å²) in [6, 6.07) is 0. The highest BCUT2D eigenvalue weighted by atomic mass is 16.5. The zero-order chi connectivity index (χ0) is 17.8. The number of fused-ring (bicyclic) bond motifs is 5. The number of esters is 1. The van der Waals surface area contributed by atoms with E-state index in [0.717, 1.165) is 38.0 Å². The van der Waals surface area contributed by atoms with E-state index in [2.05, 4.69) is 13.8 Å². The van der Waals surface area contributed by atoms with Crippen LogP contribution in [0.1, 0.15) is 78.6 Å². The average molecular weight is 344 g/mol. The second kappa shape index (κ2) is 5.96. The molecule has 25 heavy (non-hydrogen) atoms. The van der Waals surface area contributed by atoms with Gasteiger partial charge in [-0.05, 0) is 74.2 Å². The fraction of sp³-hybridized carbons (Fsp3) is 0.818. The van der Waals surface area contributed by atoms with Crippen molar-refractivity contribution in [2.45, 2.75) is 84.7 Å². The van der Waals surface area contributed by atoms with Crippen LogP contribution in [0.5, 0.6) is 0 Å². The fourth-order valence-electron chi connectivity index (χ4n) is 6.95. The zero-order valence-corrected chi connectivity index (χ0v) is 16.0. The van der Waals surface area contributed by atoms with Gasteiger partial charge in [-0.2, -0.15) is 0 Å². The number of carbonyl (C=O) groups is 2. The van der Waals surface area contributed by atoms with E-state index in [1.165, 1.54) is 24.8 Å². The monoisotopic (exact) mass is 344 g/mol. The molecule has 4 aliphatic rings. The van der Waals surface area contributed by atoms with Crippen molar-refractivity contribution in [1.29, 1.82) is 0 Å². The number of hydrogen-bond acceptors (Lipinski definition) is 3. The first-order chi connectivity index (χ1) is 11.9. The number of ether oxygens (including phenoxy) is 1. The van der Waals surface area contributed by atoms with Gasteiger partial charge in [0.05, 0.1) is 0 Å². The molecular weight excluding hydrogens is 312 g/mol. The predicted octanol–water partition coefficient (Wildman–Crippen LogP) is 4.84. The molecule has 4 rings (SSSR count). The van der Waals surface area contributed by atoms with E-state index >= 15 is 0 Å². The summed E-state index contributed by atoms with van der Waals surface area (Å²) in [6.45, 7) is 6.69. The maximum absolute atomic E-state index is 11.9. The second-order valence-corrected chi connectivity index (χ2v) is 9.42. The highest BCUT2D eigenvalue weighted by Gasteiger charge is 2.59. The minimum Gasteiger partial charge on any atom is -0.462 e. The number of carbonyl (C=O) groups excluding carboxylic acids is 2. The molecule has 0 aromatic rings. The molecule has 0 unspecified atom stereocenters. The van der Waals surface area contributed by atoms with Crippen molar-refractivity contribution in [3.05, 3.63) is 11.6 Å². The van der Waals surface area contributed by atoms with Gasteiger partial charge < -0.3 is 4.74 Å². The minimum absolute atomic E-state index is 0.0411. The first-order valence-corrected chi connectivity index (χ1v) is 10.3. The molecule has 3 fully saturated rings. The average Bonchev–Trinajstić information content (AvgIpc) is 2.92. The summed E-state index contributed by atoms with van der Waals surface area (Å²) >= 11 is 0. The molecule has 6 atom stereocenters. The van der Waals surface area contributed by atoms with E-state index in [4.69, 9.17) is 4.74 Å². The maximum atomic E-state index is 11.9. The first-order valence-electron chi connectivity index (χ1n) is 10.3. The van der Waals surface area contributed by atoms with Gasteiger partial charge in [0.25, 0.3) is 0 Å². The Balaban J connectivity index is 1.59. The summed E-state index contributed by atoms with van der Waals surface area (Å²) in [7, 11) is 0. The summed E-state index contributed by atoms with van der Waals surface area (Å²) in [6.07, 6.45) is 11.3. The van der Waals surface area contributed by atoms with Crippen LogP contribution in [0.3, 0.4) is 0 Å². The van der Waals surface area contributed by atoms with Gasteiger partial charge in [0, 0.05) is 18.3 Å². The third kappa shape index (κ3) is 2.52. The van der Waals surface area contributed by atoms with Crippen molar-refractivity contribution in [2.75, 3.05) is 0 Å². The molecule has 0 bridgehead atoms. The molecule has 0 N–H and O–H groups in total. The van der Waals surface area contributed by atoms with Crippen molar-refractivity contribution >= 4 is 11.8 Å². The van der Waals surface area contributed by atoms with Crippen LogP contribution in [0.4, 0.5) is 0 Å². The molecule has 4 aliphatic carbocycles. The quantitative estimate of drug-likeness (QED) is 0.673. The molecule has 0 radical (unpaired) electrons. The summed E-state index contributed by atoms with van der Waals surface area (Å²) in [5.41, 5.74) is 1.82. The lowest BCUT2D eigenvalue weighted by molar-refractivity contribution is -0.159. The highest BCUT2D eigenvalue weighted by Crippen LogP contribution is 2.65. The van der Waals surface area contributed by atoms with E-state index < -0.39 is 0 Å². The number of rotatable bonds is 2. The normalized spacial score (nSPS) is 45.9. The van der Waals surface area contributed by atoms with Crippen LogP contribution in [0.15, 0.2) is 11.6 Å². The molecule has 0 aromatic heterocycles. The van der Waals surface area contributed by atoms with Gasteiger partial charge in [-0.25, -0.2) is 0 Å². The Morgan fingerprint density at radius 1 is 1.12 bits per heavy atom. The second-order valence-electron chi connectivity index (χ2n) is 9.42. The van der Waals surface area contributed by atoms with E-state index in [9.17, 15) is 9.59 Å². The van der Waals surface area contributed by atoms with Gasteiger partial charge >= 0.3 is 5.97 Å². The number of hydrogen-bond donors (Lipinski definition) is 0. The lowest BCUT2D eigenvalue weighted by Crippen LogP contribution is -2.51. The molecule has 0 amide bonds. The van der Waals surface area contributed by atoms with Gasteiger partial charge in [0.2, 0.25) is 0 Å². The van der Waals surface area contributed by atoms with Crippen LogP contribution in [0.25, 0.3) is 0 Å². The topological polar surface area (TPSA) is 43.4 Å². The van der Waals surface area contributed by atoms with Crippen molar-refractivity contribution in [3.63, 3.8) is 0 Å². The molecule has 138 valence electrons. The van der Waals surface area contributed by atoms with Crippen molar-refractivity contribution < 1.29 is 14.3 Å². The third-order valence-corrected chi connectivity index (χ3v) is 8.44. The Kier molecular flexibility index (Phi) is 4.12. The van der Waals surface area contributed by atoms with E-state index in [-0.39, 0.29) is 22.9 Å². The molecule has 3 heteroatoms. The van der Waals surface area contributed by atoms with Crippen LogP contribution in [0, 0.1) is 28.6 Å². The Morgan fingerprint density at radius 2 is 1.92 bits per heavy atom. The molecule has 0 spiro atoms. The van der Waals surface area contributed by atoms with E-state index in [1.54, 1.807) is 0 Å². The van der Waals surface area contributed by atoms with E-state index in [1.807, 2.05) is 13.0 Å². The molecule has 0 saturated heterocycles. The van der Waals surface area contributed by atoms with Gasteiger partial charge in [-0.1, -0.05) is 26.3 Å². The molecule has 0 heterocycles. The van der Waals surface area contributed by atoms with Crippen molar-refractivity contribution in [2.24, 2.45) is 28.6 Å². The predicted molar refractivity (Wildman–Crippen MR) is 96.9 cm³/mol. The SMILES string of the molecule is CCC(=O)O[C@H]1CC[C@H]2[C@@H]3CCC4=CC(=O)CC[C@]4(C)[C@H]3CC[C@@]12C. The minimum atomic E-state index is -0.0411. The van der Waals surface area contributed by atoms with Crippen LogP contribution in [-0.2, 0) is 14.3 Å². The maximum Gasteiger partial charge on any atom is 0.305 e. The Hall–Kier alpha value is -1.12. The summed E-state index contributed by atoms with van der Waals surface area (Å²) in [4.78, 5) is 23.8. The lowest BCUT2D eigenvalue weighted by atomic mass is 9.47. The summed E-state index contributed by atoms with van der Waals surface area (Å²) in [5, 5.41) is 0. The molecule has 0 aliphatic heterocycles. The standard InChI is InChI=1S/C22H32O3/c1-4-20(24)25-19-8-7-17-16-6-5-14-13-15(23)9-11-21(14,2)18(16)10-12-22(17,19)3/h13,16-19H,4-12H2,1-3H3/t16-,17-,18-,19-,21-,22+/m0/s1. The van der Waals surface area contributed by atoms with Crippen molar-refractivity contribution in [3.8, 4) is 0 Å². The first kappa shape index (κ1) is 17.3. The Labute approximate surface area is 151 Å². The fourth-order valence-corrected chi connectivity index (χ4v) is 6.95. The largest absolute Gasteiger partial charge is 0.462 e. The summed E-state index contributed by atoms with van der Waals surface area (Å²) in [5.74, 6) is 2.41. The molecule has 0 aromatic carbocycles. The Morgan fingerprint density at radius 3 is 2.68 bits per heavy atom. The third-order valence-electron chi connectivity index (χ3n) is 8.44. The molecule has 3 saturated carbocycles. The zero-order valence-electron chi connectivity index (χ0n) is 16.0. The van der Waals surface area contributed by atoms with Crippen molar-refractivity contribution in [1.82, 2.24) is 0 Å². The van der Waals surface area contributed by atoms with Crippen LogP contribution in [-0.4, -0.2) is 17.9 Å². The number of allylic oxidation sites excluding steroid dienone is 1. The van der Waals surface area contributed by atoms with Crippen LogP contribution in [0.2, 0.25) is 0 Å². The van der Waals surface area contributed by atoms with Gasteiger partial charge in [0.1, 0.15) is 6.10 Å². The van der Waals surface area contributed by atoms with Crippen LogP contribution < -0.4 is 0 Å². The smallest absolute Gasteiger partial charge is 0.305 e. The highest BCUT2D eigenvalue weighted by molar-refractivity contribution is 5.91. The van der Waals surface area contributed by atoms with Gasteiger partial charge in [0.15, 0.2) is 5.78 Å². The molecule has 3 nitrogen and oxygen atoms in total. The van der Waals surface area contributed by atoms with Crippen LogP contribution >= 0.6 is 0 Å². The lowest BCUT2D eigenvalue weighted by Gasteiger charge is -2.57. The van der Waals surface area contributed by atoms with E-state index in [0.29, 0.717) is 24.0 Å². The van der Waals surface area contributed by atoms with Gasteiger partial charge in [-0.3, -0.25) is 9.59 Å². The molecular formula is C22H32O3. The summed E-state index contributed by atoms with van der Waals surface area (Å²) < 4.78 is 5.86.